The fraction of sp³-hybridized carbons (Fsp3) is 0.370. The van der Waals surface area contributed by atoms with Crippen molar-refractivity contribution in [3.05, 3.63) is 78.0 Å². The molecule has 2 aliphatic rings. The van der Waals surface area contributed by atoms with Crippen molar-refractivity contribution in [3.63, 3.8) is 0 Å². The van der Waals surface area contributed by atoms with Crippen LogP contribution in [0.2, 0.25) is 0 Å². The number of carboxylic acids is 1. The average Bonchev–Trinajstić information content (AvgIpc) is 3.29. The zero-order chi connectivity index (χ0) is 27.5. The molecule has 1 saturated heterocycles. The van der Waals surface area contributed by atoms with Gasteiger partial charge in [-0.25, -0.2) is 14.2 Å². The van der Waals surface area contributed by atoms with Crippen LogP contribution in [-0.4, -0.2) is 69.2 Å². The van der Waals surface area contributed by atoms with Crippen molar-refractivity contribution in [3.8, 4) is 11.3 Å². The van der Waals surface area contributed by atoms with E-state index in [-0.39, 0.29) is 23.7 Å². The summed E-state index contributed by atoms with van der Waals surface area (Å²) < 4.78 is 47.6. The number of halogens is 4. The predicted octanol–water partition coefficient (Wildman–Crippen LogP) is 4.33. The molecule has 1 amide bonds. The maximum atomic E-state index is 13.6. The molecule has 3 aromatic rings. The number of imidazole rings is 1. The molecule has 0 radical (unpaired) electrons. The van der Waals surface area contributed by atoms with Gasteiger partial charge in [0.05, 0.1) is 29.7 Å². The highest BCUT2D eigenvalue weighted by Gasteiger charge is 2.44. The van der Waals surface area contributed by atoms with E-state index in [1.807, 2.05) is 35.5 Å². The summed E-state index contributed by atoms with van der Waals surface area (Å²) in [6.45, 7) is 3.12. The first-order valence-corrected chi connectivity index (χ1v) is 12.1. The Hall–Kier alpha value is -3.73. The first-order chi connectivity index (χ1) is 18.0. The molecule has 2 aliphatic heterocycles. The van der Waals surface area contributed by atoms with Crippen molar-refractivity contribution in [1.82, 2.24) is 19.4 Å². The Kier molecular flexibility index (Phi) is 7.86. The smallest absolute Gasteiger partial charge is 0.475 e. The lowest BCUT2D eigenvalue weighted by molar-refractivity contribution is -0.192. The molecule has 11 heteroatoms. The van der Waals surface area contributed by atoms with Gasteiger partial charge in [-0.1, -0.05) is 42.5 Å². The van der Waals surface area contributed by atoms with Gasteiger partial charge >= 0.3 is 12.1 Å². The van der Waals surface area contributed by atoms with E-state index in [0.717, 1.165) is 49.3 Å². The summed E-state index contributed by atoms with van der Waals surface area (Å²) in [6, 6.07) is 16.6. The molecule has 1 spiro atoms. The first-order valence-electron chi connectivity index (χ1n) is 12.1. The molecule has 2 aromatic carbocycles. The number of nitrogens with zero attached hydrogens (tertiary/aromatic N) is 4. The molecule has 1 aromatic heterocycles. The van der Waals surface area contributed by atoms with Crippen LogP contribution < -0.4 is 0 Å². The molecule has 1 N–H and O–H groups in total. The predicted molar refractivity (Wildman–Crippen MR) is 132 cm³/mol. The number of likely N-dealkylation sites (N-methyl/N-ethyl adjacent to an activating group) is 1. The van der Waals surface area contributed by atoms with E-state index >= 15 is 0 Å². The maximum Gasteiger partial charge on any atom is 0.490 e. The lowest BCUT2D eigenvalue weighted by Gasteiger charge is -2.49. The normalized spacial score (nSPS) is 19.4. The number of alkyl halides is 3. The molecule has 3 heterocycles. The third kappa shape index (κ3) is 6.04. The van der Waals surface area contributed by atoms with E-state index in [1.165, 1.54) is 17.8 Å². The molecule has 1 fully saturated rings. The number of carboxylic acid groups (broad SMARTS) is 1. The summed E-state index contributed by atoms with van der Waals surface area (Å²) >= 11 is 0. The Labute approximate surface area is 217 Å². The van der Waals surface area contributed by atoms with Crippen molar-refractivity contribution in [1.29, 1.82) is 0 Å². The number of piperidine rings is 1. The van der Waals surface area contributed by atoms with Gasteiger partial charge in [0.2, 0.25) is 5.91 Å². The van der Waals surface area contributed by atoms with Gasteiger partial charge < -0.3 is 14.6 Å². The topological polar surface area (TPSA) is 78.7 Å². The number of carbonyl (C=O) groups excluding carboxylic acids is 1. The molecule has 1 unspecified atom stereocenters. The molecular weight excluding hydrogens is 504 g/mol. The number of benzene rings is 2. The van der Waals surface area contributed by atoms with Gasteiger partial charge in [0.1, 0.15) is 5.82 Å². The van der Waals surface area contributed by atoms with Gasteiger partial charge in [0, 0.05) is 31.7 Å². The first kappa shape index (κ1) is 27.3. The van der Waals surface area contributed by atoms with Gasteiger partial charge in [0.25, 0.3) is 0 Å². The summed E-state index contributed by atoms with van der Waals surface area (Å²) in [5.74, 6) is -3.00. The third-order valence-electron chi connectivity index (χ3n) is 6.80. The number of aromatic nitrogens is 2. The third-order valence-corrected chi connectivity index (χ3v) is 6.80. The number of hydrogen-bond donors (Lipinski definition) is 1. The van der Waals surface area contributed by atoms with Crippen LogP contribution in [0.5, 0.6) is 0 Å². The molecule has 0 bridgehead atoms. The Bertz CT molecular complexity index is 1290. The van der Waals surface area contributed by atoms with Crippen LogP contribution in [-0.2, 0) is 28.1 Å². The van der Waals surface area contributed by atoms with Crippen molar-refractivity contribution < 1.29 is 32.3 Å². The van der Waals surface area contributed by atoms with Crippen LogP contribution in [0.1, 0.15) is 24.1 Å². The Morgan fingerprint density at radius 3 is 2.45 bits per heavy atom. The monoisotopic (exact) mass is 532 g/mol. The summed E-state index contributed by atoms with van der Waals surface area (Å²) in [7, 11) is 2.14. The number of rotatable bonds is 3. The summed E-state index contributed by atoms with van der Waals surface area (Å²) in [5, 5.41) is 7.12. The van der Waals surface area contributed by atoms with Crippen molar-refractivity contribution in [2.45, 2.75) is 37.5 Å². The average molecular weight is 533 g/mol. The zero-order valence-corrected chi connectivity index (χ0v) is 20.8. The van der Waals surface area contributed by atoms with Crippen LogP contribution in [0.15, 0.2) is 60.9 Å². The van der Waals surface area contributed by atoms with Gasteiger partial charge in [-0.2, -0.15) is 13.2 Å². The van der Waals surface area contributed by atoms with Crippen LogP contribution in [0.25, 0.3) is 11.3 Å². The number of aliphatic carboxylic acids is 1. The number of likely N-dealkylation sites (tertiary alicyclic amines) is 1. The summed E-state index contributed by atoms with van der Waals surface area (Å²) in [5.41, 5.74) is 3.89. The lowest BCUT2D eigenvalue weighted by Crippen LogP contribution is -2.58. The summed E-state index contributed by atoms with van der Waals surface area (Å²) in [6.07, 6.45) is -0.930. The van der Waals surface area contributed by atoms with E-state index in [9.17, 15) is 22.4 Å². The maximum absolute atomic E-state index is 13.6. The Morgan fingerprint density at radius 2 is 1.79 bits per heavy atom. The molecule has 7 nitrogen and oxygen atoms in total. The fourth-order valence-electron chi connectivity index (χ4n) is 5.25. The van der Waals surface area contributed by atoms with Crippen LogP contribution >= 0.6 is 0 Å². The highest BCUT2D eigenvalue weighted by Crippen LogP contribution is 2.38. The SMILES string of the molecule is CN1Cc2c(-c3ccccc3)ncn2C2(CCCN(C(=O)Cc3cccc(F)c3)C2)C1.O=C(O)C(F)(F)F. The highest BCUT2D eigenvalue weighted by molar-refractivity contribution is 5.79. The van der Waals surface area contributed by atoms with Gasteiger partial charge in [-0.15, -0.1) is 0 Å². The van der Waals surface area contributed by atoms with Crippen molar-refractivity contribution >= 4 is 11.9 Å². The van der Waals surface area contributed by atoms with E-state index in [4.69, 9.17) is 14.9 Å². The molecular formula is C27H28F4N4O3. The molecule has 202 valence electrons. The quantitative estimate of drug-likeness (QED) is 0.509. The Balaban J connectivity index is 0.000000426. The van der Waals surface area contributed by atoms with Gasteiger partial charge in [0.15, 0.2) is 0 Å². The van der Waals surface area contributed by atoms with Crippen molar-refractivity contribution in [2.24, 2.45) is 0 Å². The van der Waals surface area contributed by atoms with Crippen molar-refractivity contribution in [2.75, 3.05) is 26.7 Å². The second-order valence-electron chi connectivity index (χ2n) is 9.70. The molecule has 1 atom stereocenters. The number of carbonyl (C=O) groups is 2. The van der Waals surface area contributed by atoms with E-state index < -0.39 is 12.1 Å². The molecule has 5 rings (SSSR count). The van der Waals surface area contributed by atoms with Crippen LogP contribution in [0, 0.1) is 5.82 Å². The highest BCUT2D eigenvalue weighted by atomic mass is 19.4. The molecule has 38 heavy (non-hydrogen) atoms. The minimum absolute atomic E-state index is 0.0582. The molecule has 0 aliphatic carbocycles. The second-order valence-corrected chi connectivity index (χ2v) is 9.70. The summed E-state index contributed by atoms with van der Waals surface area (Å²) in [4.78, 5) is 31.1. The second kappa shape index (κ2) is 10.9. The van der Waals surface area contributed by atoms with E-state index in [0.29, 0.717) is 6.54 Å². The fourth-order valence-corrected chi connectivity index (χ4v) is 5.25. The van der Waals surface area contributed by atoms with Crippen LogP contribution in [0.4, 0.5) is 17.6 Å². The standard InChI is InChI=1S/C25H27FN4O.C2HF3O2/c1-28-15-22-24(20-8-3-2-4-9-20)27-18-30(22)25(16-28)11-6-12-29(17-25)23(31)14-19-7-5-10-21(26)13-19;3-2(4,5)1(6)7/h2-5,7-10,13,18H,6,11-12,14-17H2,1H3;(H,6,7). The molecule has 0 saturated carbocycles. The zero-order valence-electron chi connectivity index (χ0n) is 20.8. The van der Waals surface area contributed by atoms with Crippen LogP contribution in [0.3, 0.4) is 0 Å². The van der Waals surface area contributed by atoms with Gasteiger partial charge in [-0.3, -0.25) is 9.69 Å². The lowest BCUT2D eigenvalue weighted by atomic mass is 9.85. The number of amides is 1. The van der Waals surface area contributed by atoms with E-state index in [1.54, 1.807) is 6.07 Å². The van der Waals surface area contributed by atoms with E-state index in [2.05, 4.69) is 28.6 Å². The largest absolute Gasteiger partial charge is 0.490 e. The van der Waals surface area contributed by atoms with Gasteiger partial charge in [-0.05, 0) is 37.6 Å². The Morgan fingerprint density at radius 1 is 1.08 bits per heavy atom. The minimum Gasteiger partial charge on any atom is -0.475 e. The number of hydrogen-bond acceptors (Lipinski definition) is 4. The number of fused-ring (bicyclic) bond motifs is 2. The minimum atomic E-state index is -5.08.